The highest BCUT2D eigenvalue weighted by Gasteiger charge is 2.11. The number of fused-ring (bicyclic) bond motifs is 1. The number of aromatic nitrogens is 3. The average molecular weight is 353 g/mol. The number of anilines is 2. The number of benzene rings is 1. The van der Waals surface area contributed by atoms with E-state index in [4.69, 9.17) is 0 Å². The molecule has 0 aliphatic carbocycles. The molecule has 4 aromatic rings. The minimum Gasteiger partial charge on any atom is -0.344 e. The quantitative estimate of drug-likeness (QED) is 0.508. The van der Waals surface area contributed by atoms with Crippen molar-refractivity contribution in [1.82, 2.24) is 15.0 Å². The standard InChI is InChI=1S/C17H12FN5OS/c18-11-6-12-13(8-20-15(12)19-7-11)22-16(24)23-17-21-9-14(25-17)10-4-2-1-3-5-10/h1-9H,(H,19,20)(H2,21,22,23,24). The number of halogens is 1. The van der Waals surface area contributed by atoms with Gasteiger partial charge in [-0.3, -0.25) is 5.32 Å². The predicted molar refractivity (Wildman–Crippen MR) is 96.2 cm³/mol. The Morgan fingerprint density at radius 1 is 1.12 bits per heavy atom. The fourth-order valence-corrected chi connectivity index (χ4v) is 3.22. The molecule has 25 heavy (non-hydrogen) atoms. The van der Waals surface area contributed by atoms with Crippen molar-refractivity contribution < 1.29 is 9.18 Å². The maximum atomic E-state index is 13.3. The number of nitrogens with zero attached hydrogens (tertiary/aromatic N) is 2. The lowest BCUT2D eigenvalue weighted by atomic mass is 10.2. The Morgan fingerprint density at radius 3 is 2.80 bits per heavy atom. The minimum absolute atomic E-state index is 0.444. The number of carbonyl (C=O) groups excluding carboxylic acids is 1. The van der Waals surface area contributed by atoms with E-state index < -0.39 is 11.8 Å². The number of urea groups is 1. The molecule has 124 valence electrons. The monoisotopic (exact) mass is 353 g/mol. The highest BCUT2D eigenvalue weighted by atomic mass is 32.1. The molecule has 6 nitrogen and oxygen atoms in total. The molecule has 3 aromatic heterocycles. The molecule has 0 fully saturated rings. The third-order valence-corrected chi connectivity index (χ3v) is 4.49. The Bertz CT molecular complexity index is 1040. The average Bonchev–Trinajstić information content (AvgIpc) is 3.23. The summed E-state index contributed by atoms with van der Waals surface area (Å²) in [6.07, 6.45) is 4.39. The van der Waals surface area contributed by atoms with Gasteiger partial charge < -0.3 is 10.3 Å². The van der Waals surface area contributed by atoms with Crippen molar-refractivity contribution in [3.8, 4) is 10.4 Å². The van der Waals surface area contributed by atoms with E-state index in [1.807, 2.05) is 30.3 Å². The third-order valence-electron chi connectivity index (χ3n) is 3.53. The first kappa shape index (κ1) is 15.3. The van der Waals surface area contributed by atoms with Crippen LogP contribution in [0.25, 0.3) is 21.5 Å². The number of aromatic amines is 1. The third kappa shape index (κ3) is 3.20. The second-order valence-electron chi connectivity index (χ2n) is 5.23. The number of hydrogen-bond acceptors (Lipinski definition) is 4. The summed E-state index contributed by atoms with van der Waals surface area (Å²) in [6.45, 7) is 0. The molecule has 0 radical (unpaired) electrons. The number of pyridine rings is 1. The highest BCUT2D eigenvalue weighted by Crippen LogP contribution is 2.29. The summed E-state index contributed by atoms with van der Waals surface area (Å²) in [5.41, 5.74) is 1.98. The number of rotatable bonds is 3. The summed E-state index contributed by atoms with van der Waals surface area (Å²) < 4.78 is 13.3. The Kier molecular flexibility index (Phi) is 3.87. The van der Waals surface area contributed by atoms with Gasteiger partial charge in [-0.2, -0.15) is 0 Å². The molecular formula is C17H12FN5OS. The molecule has 0 atom stereocenters. The molecule has 4 rings (SSSR count). The van der Waals surface area contributed by atoms with Crippen LogP contribution in [0.1, 0.15) is 0 Å². The fraction of sp³-hybridized carbons (Fsp3) is 0. The van der Waals surface area contributed by atoms with Crippen molar-refractivity contribution in [3.63, 3.8) is 0 Å². The van der Waals surface area contributed by atoms with Crippen LogP contribution in [0, 0.1) is 5.82 Å². The van der Waals surface area contributed by atoms with Gasteiger partial charge in [0.1, 0.15) is 11.5 Å². The van der Waals surface area contributed by atoms with Gasteiger partial charge in [0.2, 0.25) is 0 Å². The first-order valence-electron chi connectivity index (χ1n) is 7.41. The summed E-state index contributed by atoms with van der Waals surface area (Å²) >= 11 is 1.37. The van der Waals surface area contributed by atoms with Crippen molar-refractivity contribution in [2.45, 2.75) is 0 Å². The fourth-order valence-electron chi connectivity index (χ4n) is 2.40. The van der Waals surface area contributed by atoms with Gasteiger partial charge in [-0.25, -0.2) is 19.2 Å². The van der Waals surface area contributed by atoms with Crippen molar-refractivity contribution in [2.24, 2.45) is 0 Å². The SMILES string of the molecule is O=C(Nc1ncc(-c2ccccc2)s1)Nc1c[nH]c2ncc(F)cc12. The number of hydrogen-bond donors (Lipinski definition) is 3. The van der Waals surface area contributed by atoms with Crippen molar-refractivity contribution >= 4 is 39.2 Å². The number of nitrogens with one attached hydrogen (secondary N) is 3. The maximum absolute atomic E-state index is 13.3. The molecule has 0 spiro atoms. The van der Waals surface area contributed by atoms with Crippen molar-refractivity contribution in [1.29, 1.82) is 0 Å². The van der Waals surface area contributed by atoms with Crippen LogP contribution >= 0.6 is 11.3 Å². The van der Waals surface area contributed by atoms with Crippen LogP contribution < -0.4 is 10.6 Å². The lowest BCUT2D eigenvalue weighted by Gasteiger charge is -2.03. The Morgan fingerprint density at radius 2 is 1.96 bits per heavy atom. The van der Waals surface area contributed by atoms with Gasteiger partial charge in [0.05, 0.1) is 16.8 Å². The van der Waals surface area contributed by atoms with E-state index in [9.17, 15) is 9.18 Å². The van der Waals surface area contributed by atoms with E-state index in [0.717, 1.165) is 16.6 Å². The van der Waals surface area contributed by atoms with Gasteiger partial charge in [0.25, 0.3) is 0 Å². The lowest BCUT2D eigenvalue weighted by Crippen LogP contribution is -2.19. The second-order valence-corrected chi connectivity index (χ2v) is 6.26. The first-order valence-corrected chi connectivity index (χ1v) is 8.22. The zero-order valence-electron chi connectivity index (χ0n) is 12.8. The first-order chi connectivity index (χ1) is 12.2. The van der Waals surface area contributed by atoms with Gasteiger partial charge >= 0.3 is 6.03 Å². The van der Waals surface area contributed by atoms with Gasteiger partial charge in [0.15, 0.2) is 5.13 Å². The van der Waals surface area contributed by atoms with Crippen LogP contribution in [0.15, 0.2) is 55.0 Å². The zero-order valence-corrected chi connectivity index (χ0v) is 13.6. The number of thiazole rings is 1. The topological polar surface area (TPSA) is 82.7 Å². The molecule has 0 bridgehead atoms. The predicted octanol–water partition coefficient (Wildman–Crippen LogP) is 4.47. The van der Waals surface area contributed by atoms with Gasteiger partial charge in [0, 0.05) is 17.8 Å². The van der Waals surface area contributed by atoms with E-state index in [-0.39, 0.29) is 0 Å². The van der Waals surface area contributed by atoms with Crippen molar-refractivity contribution in [3.05, 3.63) is 60.8 Å². The van der Waals surface area contributed by atoms with E-state index in [1.165, 1.54) is 17.4 Å². The summed E-state index contributed by atoms with van der Waals surface area (Å²) in [6, 6.07) is 10.6. The van der Waals surface area contributed by atoms with Crippen LogP contribution in [0.2, 0.25) is 0 Å². The van der Waals surface area contributed by atoms with Crippen LogP contribution in [0.5, 0.6) is 0 Å². The summed E-state index contributed by atoms with van der Waals surface area (Å²) in [5, 5.41) is 6.32. The van der Waals surface area contributed by atoms with Crippen LogP contribution in [-0.4, -0.2) is 21.0 Å². The van der Waals surface area contributed by atoms with E-state index in [0.29, 0.717) is 21.9 Å². The van der Waals surface area contributed by atoms with Crippen molar-refractivity contribution in [2.75, 3.05) is 10.6 Å². The van der Waals surface area contributed by atoms with Crippen LogP contribution in [0.3, 0.4) is 0 Å². The summed E-state index contributed by atoms with van der Waals surface area (Å²) in [4.78, 5) is 24.1. The molecule has 1 aromatic carbocycles. The lowest BCUT2D eigenvalue weighted by molar-refractivity contribution is 0.262. The smallest absolute Gasteiger partial charge is 0.325 e. The Balaban J connectivity index is 1.49. The summed E-state index contributed by atoms with van der Waals surface area (Å²) in [7, 11) is 0. The van der Waals surface area contributed by atoms with Gasteiger partial charge in [-0.05, 0) is 11.6 Å². The molecule has 0 saturated heterocycles. The zero-order chi connectivity index (χ0) is 17.2. The molecule has 2 amide bonds. The molecular weight excluding hydrogens is 341 g/mol. The Hall–Kier alpha value is -3.26. The second kappa shape index (κ2) is 6.33. The molecule has 0 unspecified atom stereocenters. The van der Waals surface area contributed by atoms with Crippen LogP contribution in [0.4, 0.5) is 20.0 Å². The largest absolute Gasteiger partial charge is 0.344 e. The molecule has 3 N–H and O–H groups in total. The highest BCUT2D eigenvalue weighted by molar-refractivity contribution is 7.19. The number of H-pyrrole nitrogens is 1. The van der Waals surface area contributed by atoms with E-state index in [2.05, 4.69) is 25.6 Å². The Labute approximate surface area is 145 Å². The van der Waals surface area contributed by atoms with Gasteiger partial charge in [-0.1, -0.05) is 41.7 Å². The van der Waals surface area contributed by atoms with Crippen LogP contribution in [-0.2, 0) is 0 Å². The molecule has 0 aliphatic heterocycles. The molecule has 8 heteroatoms. The minimum atomic E-state index is -0.469. The molecule has 3 heterocycles. The number of carbonyl (C=O) groups is 1. The maximum Gasteiger partial charge on any atom is 0.325 e. The molecule has 0 saturated carbocycles. The normalized spacial score (nSPS) is 10.8. The van der Waals surface area contributed by atoms with Gasteiger partial charge in [-0.15, -0.1) is 0 Å². The molecule has 0 aliphatic rings. The summed E-state index contributed by atoms with van der Waals surface area (Å²) in [5.74, 6) is -0.469. The van der Waals surface area contributed by atoms with E-state index >= 15 is 0 Å². The van der Waals surface area contributed by atoms with E-state index in [1.54, 1.807) is 12.4 Å². The number of amides is 2.